The molecular formula is C26H32N4O2. The molecule has 0 fully saturated rings. The molecule has 0 spiro atoms. The second-order valence-electron chi connectivity index (χ2n) is 8.10. The summed E-state index contributed by atoms with van der Waals surface area (Å²) in [4.78, 5) is 31.3. The first-order valence-electron chi connectivity index (χ1n) is 11.2. The van der Waals surface area contributed by atoms with E-state index in [0.717, 1.165) is 48.2 Å². The lowest BCUT2D eigenvalue weighted by Crippen LogP contribution is -2.39. The third-order valence-corrected chi connectivity index (χ3v) is 5.41. The van der Waals surface area contributed by atoms with Crippen molar-refractivity contribution >= 4 is 28.5 Å². The minimum atomic E-state index is -0.140. The largest absolute Gasteiger partial charge is 0.353 e. The topological polar surface area (TPSA) is 67.2 Å². The van der Waals surface area contributed by atoms with E-state index in [1.807, 2.05) is 73.3 Å². The number of fused-ring (bicyclic) bond motifs is 1. The van der Waals surface area contributed by atoms with E-state index in [9.17, 15) is 9.59 Å². The van der Waals surface area contributed by atoms with E-state index in [4.69, 9.17) is 4.98 Å². The van der Waals surface area contributed by atoms with Gasteiger partial charge in [-0.25, -0.2) is 4.98 Å². The fourth-order valence-electron chi connectivity index (χ4n) is 3.89. The molecule has 0 aliphatic rings. The maximum Gasteiger partial charge on any atom is 0.247 e. The zero-order valence-electron chi connectivity index (χ0n) is 19.0. The summed E-state index contributed by atoms with van der Waals surface area (Å²) in [7, 11) is 0. The molecule has 0 saturated carbocycles. The van der Waals surface area contributed by atoms with Gasteiger partial charge in [0.25, 0.3) is 0 Å². The number of benzene rings is 2. The van der Waals surface area contributed by atoms with Gasteiger partial charge >= 0.3 is 0 Å². The number of aromatic nitrogens is 2. The van der Waals surface area contributed by atoms with Crippen molar-refractivity contribution in [2.45, 2.75) is 52.1 Å². The molecule has 2 amide bonds. The van der Waals surface area contributed by atoms with Gasteiger partial charge in [0.15, 0.2) is 0 Å². The fraction of sp³-hybridized carbons (Fsp3) is 0.346. The quantitative estimate of drug-likeness (QED) is 0.358. The summed E-state index contributed by atoms with van der Waals surface area (Å²) in [6.45, 7) is 8.41. The standard InChI is InChI=1S/C26H32N4O2/c1-4-25(31)27-18-12-6-9-17-24-28-22-15-10-11-16-23(22)29(24)19-26(32)30(20(2)3)21-13-7-5-8-14-21/h4-5,7-8,10-11,13-16,20H,1,6,9,12,17-19H2,2-3H3,(H,27,31). The lowest BCUT2D eigenvalue weighted by atomic mass is 10.2. The number of aryl methyl sites for hydroxylation is 1. The molecule has 1 heterocycles. The van der Waals surface area contributed by atoms with Crippen LogP contribution in [-0.2, 0) is 22.6 Å². The van der Waals surface area contributed by atoms with Crippen molar-refractivity contribution in [3.05, 3.63) is 73.1 Å². The number of anilines is 1. The van der Waals surface area contributed by atoms with Gasteiger partial charge in [-0.1, -0.05) is 43.3 Å². The summed E-state index contributed by atoms with van der Waals surface area (Å²) in [5, 5.41) is 2.80. The van der Waals surface area contributed by atoms with E-state index < -0.39 is 0 Å². The number of nitrogens with one attached hydrogen (secondary N) is 1. The van der Waals surface area contributed by atoms with E-state index in [1.54, 1.807) is 0 Å². The van der Waals surface area contributed by atoms with E-state index >= 15 is 0 Å². The Bertz CT molecular complexity index is 1060. The zero-order valence-corrected chi connectivity index (χ0v) is 19.0. The molecule has 0 bridgehead atoms. The van der Waals surface area contributed by atoms with Crippen molar-refractivity contribution in [3.8, 4) is 0 Å². The molecule has 0 saturated heterocycles. The van der Waals surface area contributed by atoms with Crippen LogP contribution in [0.3, 0.4) is 0 Å². The van der Waals surface area contributed by atoms with Crippen LogP contribution in [0.15, 0.2) is 67.3 Å². The number of carbonyl (C=O) groups excluding carboxylic acids is 2. The van der Waals surface area contributed by atoms with Crippen molar-refractivity contribution in [1.29, 1.82) is 0 Å². The molecule has 0 aliphatic carbocycles. The Morgan fingerprint density at radius 3 is 2.50 bits per heavy atom. The maximum absolute atomic E-state index is 13.4. The number of unbranched alkanes of at least 4 members (excludes halogenated alkanes) is 2. The molecule has 3 aromatic rings. The van der Waals surface area contributed by atoms with Gasteiger partial charge in [-0.3, -0.25) is 9.59 Å². The van der Waals surface area contributed by atoms with Crippen molar-refractivity contribution < 1.29 is 9.59 Å². The highest BCUT2D eigenvalue weighted by molar-refractivity contribution is 5.94. The number of amides is 2. The first-order chi connectivity index (χ1) is 15.5. The predicted molar refractivity (Wildman–Crippen MR) is 130 cm³/mol. The van der Waals surface area contributed by atoms with Crippen LogP contribution in [0.2, 0.25) is 0 Å². The summed E-state index contributed by atoms with van der Waals surface area (Å²) in [5.41, 5.74) is 2.79. The van der Waals surface area contributed by atoms with E-state index in [1.165, 1.54) is 6.08 Å². The summed E-state index contributed by atoms with van der Waals surface area (Å²) in [6, 6.07) is 17.8. The van der Waals surface area contributed by atoms with Gasteiger partial charge in [0.05, 0.1) is 11.0 Å². The highest BCUT2D eigenvalue weighted by atomic mass is 16.2. The van der Waals surface area contributed by atoms with Crippen LogP contribution >= 0.6 is 0 Å². The monoisotopic (exact) mass is 432 g/mol. The van der Waals surface area contributed by atoms with Crippen LogP contribution in [0.5, 0.6) is 0 Å². The minimum Gasteiger partial charge on any atom is -0.353 e. The fourth-order valence-corrected chi connectivity index (χ4v) is 3.89. The molecule has 1 aromatic heterocycles. The Morgan fingerprint density at radius 2 is 1.78 bits per heavy atom. The molecule has 3 rings (SSSR count). The van der Waals surface area contributed by atoms with Crippen LogP contribution in [0.25, 0.3) is 11.0 Å². The molecule has 0 atom stereocenters. The maximum atomic E-state index is 13.4. The van der Waals surface area contributed by atoms with Crippen LogP contribution in [0.4, 0.5) is 5.69 Å². The Balaban J connectivity index is 1.73. The number of imidazole rings is 1. The molecule has 6 heteroatoms. The number of hydrogen-bond donors (Lipinski definition) is 1. The van der Waals surface area contributed by atoms with Gasteiger partial charge in [-0.2, -0.15) is 0 Å². The third-order valence-electron chi connectivity index (χ3n) is 5.41. The van der Waals surface area contributed by atoms with E-state index in [-0.39, 0.29) is 24.4 Å². The summed E-state index contributed by atoms with van der Waals surface area (Å²) in [5.74, 6) is 0.826. The van der Waals surface area contributed by atoms with Crippen LogP contribution in [-0.4, -0.2) is 34.0 Å². The van der Waals surface area contributed by atoms with Crippen LogP contribution in [0, 0.1) is 0 Å². The SMILES string of the molecule is C=CC(=O)NCCCCCc1nc2ccccc2n1CC(=O)N(c1ccccc1)C(C)C. The second kappa shape index (κ2) is 11.3. The molecule has 168 valence electrons. The Kier molecular flexibility index (Phi) is 8.20. The Hall–Kier alpha value is -3.41. The number of nitrogens with zero attached hydrogens (tertiary/aromatic N) is 3. The predicted octanol–water partition coefficient (Wildman–Crippen LogP) is 4.49. The minimum absolute atomic E-state index is 0.0442. The van der Waals surface area contributed by atoms with Gasteiger partial charge in [0, 0.05) is 24.7 Å². The number of para-hydroxylation sites is 3. The zero-order chi connectivity index (χ0) is 22.9. The lowest BCUT2D eigenvalue weighted by Gasteiger charge is -2.27. The first-order valence-corrected chi connectivity index (χ1v) is 11.2. The number of carbonyl (C=O) groups is 2. The first kappa shape index (κ1) is 23.3. The smallest absolute Gasteiger partial charge is 0.247 e. The molecule has 0 aliphatic heterocycles. The van der Waals surface area contributed by atoms with Gasteiger partial charge in [-0.15, -0.1) is 0 Å². The van der Waals surface area contributed by atoms with Crippen molar-refractivity contribution in [1.82, 2.24) is 14.9 Å². The van der Waals surface area contributed by atoms with Gasteiger partial charge in [0.1, 0.15) is 12.4 Å². The highest BCUT2D eigenvalue weighted by Gasteiger charge is 2.21. The average Bonchev–Trinajstić information content (AvgIpc) is 3.13. The van der Waals surface area contributed by atoms with Gasteiger partial charge < -0.3 is 14.8 Å². The second-order valence-corrected chi connectivity index (χ2v) is 8.10. The molecule has 6 nitrogen and oxygen atoms in total. The molecule has 0 unspecified atom stereocenters. The molecule has 0 radical (unpaired) electrons. The van der Waals surface area contributed by atoms with Crippen molar-refractivity contribution in [2.75, 3.05) is 11.4 Å². The summed E-state index contributed by atoms with van der Waals surface area (Å²) in [6.07, 6.45) is 4.87. The van der Waals surface area contributed by atoms with Crippen LogP contribution < -0.4 is 10.2 Å². The molecule has 32 heavy (non-hydrogen) atoms. The molecule has 1 N–H and O–H groups in total. The normalized spacial score (nSPS) is 11.0. The summed E-state index contributed by atoms with van der Waals surface area (Å²) < 4.78 is 2.05. The van der Waals surface area contributed by atoms with E-state index in [0.29, 0.717) is 6.54 Å². The average molecular weight is 433 g/mol. The third kappa shape index (κ3) is 5.84. The number of hydrogen-bond acceptors (Lipinski definition) is 3. The highest BCUT2D eigenvalue weighted by Crippen LogP contribution is 2.21. The summed E-state index contributed by atoms with van der Waals surface area (Å²) >= 11 is 0. The van der Waals surface area contributed by atoms with Gasteiger partial charge in [-0.05, 0) is 57.0 Å². The Labute approximate surface area is 189 Å². The molecular weight excluding hydrogens is 400 g/mol. The van der Waals surface area contributed by atoms with Crippen molar-refractivity contribution in [2.24, 2.45) is 0 Å². The lowest BCUT2D eigenvalue weighted by molar-refractivity contribution is -0.119. The van der Waals surface area contributed by atoms with E-state index in [2.05, 4.69) is 16.5 Å². The van der Waals surface area contributed by atoms with Gasteiger partial charge in [0.2, 0.25) is 11.8 Å². The van der Waals surface area contributed by atoms with Crippen LogP contribution in [0.1, 0.15) is 38.9 Å². The van der Waals surface area contributed by atoms with Crippen molar-refractivity contribution in [3.63, 3.8) is 0 Å². The molecule has 2 aromatic carbocycles. The number of rotatable bonds is 11. The Morgan fingerprint density at radius 1 is 1.06 bits per heavy atom.